The highest BCUT2D eigenvalue weighted by Crippen LogP contribution is 2.07. The molecular formula is C17H36IN5O2. The van der Waals surface area contributed by atoms with Gasteiger partial charge in [0.05, 0.1) is 25.9 Å². The van der Waals surface area contributed by atoms with Gasteiger partial charge >= 0.3 is 0 Å². The Hall–Kier alpha value is -0.160. The Balaban J connectivity index is 0.00000312. The number of nitrogens with zero attached hydrogens (tertiary/aromatic N) is 3. The molecule has 0 amide bonds. The molecular weight excluding hydrogens is 433 g/mol. The Morgan fingerprint density at radius 1 is 1.12 bits per heavy atom. The number of halogens is 1. The lowest BCUT2D eigenvalue weighted by molar-refractivity contribution is -0.0284. The van der Waals surface area contributed by atoms with Gasteiger partial charge in [-0.25, -0.2) is 0 Å². The average Bonchev–Trinajstić information content (AvgIpc) is 2.58. The number of nitrogens with one attached hydrogen (secondary N) is 2. The fraction of sp³-hybridized carbons (Fsp3) is 0.941. The van der Waals surface area contributed by atoms with E-state index in [9.17, 15) is 0 Å². The van der Waals surface area contributed by atoms with E-state index in [0.29, 0.717) is 5.92 Å². The van der Waals surface area contributed by atoms with Crippen LogP contribution >= 0.6 is 24.0 Å². The first kappa shape index (κ1) is 22.9. The van der Waals surface area contributed by atoms with Crippen LogP contribution < -0.4 is 10.6 Å². The maximum Gasteiger partial charge on any atom is 0.191 e. The van der Waals surface area contributed by atoms with Gasteiger partial charge in [-0.3, -0.25) is 14.8 Å². The number of guanidine groups is 1. The number of hydrogen-bond donors (Lipinski definition) is 2. The number of ether oxygens (including phenoxy) is 2. The molecule has 2 aliphatic heterocycles. The van der Waals surface area contributed by atoms with Crippen molar-refractivity contribution in [1.29, 1.82) is 0 Å². The minimum atomic E-state index is 0. The third kappa shape index (κ3) is 9.37. The summed E-state index contributed by atoms with van der Waals surface area (Å²) in [6.07, 6.45) is 0.232. The molecule has 7 nitrogen and oxygen atoms in total. The average molecular weight is 469 g/mol. The Morgan fingerprint density at radius 2 is 1.84 bits per heavy atom. The maximum absolute atomic E-state index is 5.88. The largest absolute Gasteiger partial charge is 0.379 e. The highest BCUT2D eigenvalue weighted by Gasteiger charge is 2.21. The first-order valence-corrected chi connectivity index (χ1v) is 9.26. The Kier molecular flexibility index (Phi) is 12.0. The quantitative estimate of drug-likeness (QED) is 0.321. The van der Waals surface area contributed by atoms with Crippen LogP contribution in [0.3, 0.4) is 0 Å². The second-order valence-corrected chi connectivity index (χ2v) is 6.98. The van der Waals surface area contributed by atoms with E-state index in [1.807, 2.05) is 7.05 Å². The minimum Gasteiger partial charge on any atom is -0.379 e. The normalized spacial score (nSPS) is 23.4. The summed E-state index contributed by atoms with van der Waals surface area (Å²) in [4.78, 5) is 9.21. The molecule has 0 aromatic carbocycles. The van der Waals surface area contributed by atoms with Gasteiger partial charge in [-0.2, -0.15) is 0 Å². The molecule has 2 rings (SSSR count). The molecule has 2 saturated heterocycles. The topological polar surface area (TPSA) is 61.4 Å². The van der Waals surface area contributed by atoms with Gasteiger partial charge in [0, 0.05) is 59.4 Å². The SMILES string of the molecule is CN=C(NCCN1CCOCC1)NCC1CN(CC(C)C)CCO1.I. The molecule has 148 valence electrons. The summed E-state index contributed by atoms with van der Waals surface area (Å²) >= 11 is 0. The monoisotopic (exact) mass is 469 g/mol. The number of aliphatic imine (C=N–C) groups is 1. The summed E-state index contributed by atoms with van der Waals surface area (Å²) in [5.41, 5.74) is 0. The van der Waals surface area contributed by atoms with E-state index >= 15 is 0 Å². The van der Waals surface area contributed by atoms with Crippen LogP contribution in [0, 0.1) is 5.92 Å². The molecule has 8 heteroatoms. The molecule has 0 bridgehead atoms. The van der Waals surface area contributed by atoms with Gasteiger partial charge in [0.15, 0.2) is 5.96 Å². The Morgan fingerprint density at radius 3 is 2.52 bits per heavy atom. The first-order valence-electron chi connectivity index (χ1n) is 9.26. The van der Waals surface area contributed by atoms with Crippen LogP contribution in [-0.4, -0.2) is 101 Å². The van der Waals surface area contributed by atoms with Gasteiger partial charge in [-0.1, -0.05) is 13.8 Å². The molecule has 1 atom stereocenters. The summed E-state index contributed by atoms with van der Waals surface area (Å²) in [6, 6.07) is 0. The molecule has 0 aromatic heterocycles. The zero-order chi connectivity index (χ0) is 17.2. The highest BCUT2D eigenvalue weighted by molar-refractivity contribution is 14.0. The van der Waals surface area contributed by atoms with Crippen LogP contribution in [-0.2, 0) is 9.47 Å². The molecule has 0 spiro atoms. The van der Waals surface area contributed by atoms with Crippen LogP contribution in [0.15, 0.2) is 4.99 Å². The highest BCUT2D eigenvalue weighted by atomic mass is 127. The number of hydrogen-bond acceptors (Lipinski definition) is 5. The molecule has 2 N–H and O–H groups in total. The van der Waals surface area contributed by atoms with Crippen molar-refractivity contribution >= 4 is 29.9 Å². The van der Waals surface area contributed by atoms with E-state index in [2.05, 4.69) is 39.3 Å². The summed E-state index contributed by atoms with van der Waals surface area (Å²) in [6.45, 7) is 15.0. The van der Waals surface area contributed by atoms with Crippen molar-refractivity contribution in [1.82, 2.24) is 20.4 Å². The zero-order valence-corrected chi connectivity index (χ0v) is 18.3. The molecule has 25 heavy (non-hydrogen) atoms. The Bertz CT molecular complexity index is 378. The Labute approximate surface area is 169 Å². The van der Waals surface area contributed by atoms with Crippen molar-refractivity contribution in [2.75, 3.05) is 79.2 Å². The van der Waals surface area contributed by atoms with Gasteiger partial charge in [0.1, 0.15) is 0 Å². The van der Waals surface area contributed by atoms with Crippen LogP contribution in [0.5, 0.6) is 0 Å². The smallest absolute Gasteiger partial charge is 0.191 e. The molecule has 0 aliphatic carbocycles. The van der Waals surface area contributed by atoms with Crippen molar-refractivity contribution in [3.63, 3.8) is 0 Å². The minimum absolute atomic E-state index is 0. The van der Waals surface area contributed by atoms with E-state index in [1.54, 1.807) is 0 Å². The first-order chi connectivity index (χ1) is 11.7. The predicted molar refractivity (Wildman–Crippen MR) is 113 cm³/mol. The third-order valence-electron chi connectivity index (χ3n) is 4.39. The summed E-state index contributed by atoms with van der Waals surface area (Å²) < 4.78 is 11.2. The van der Waals surface area contributed by atoms with Crippen molar-refractivity contribution in [2.45, 2.75) is 20.0 Å². The fourth-order valence-electron chi connectivity index (χ4n) is 3.17. The van der Waals surface area contributed by atoms with E-state index in [-0.39, 0.29) is 30.1 Å². The molecule has 0 radical (unpaired) electrons. The summed E-state index contributed by atoms with van der Waals surface area (Å²) in [5.74, 6) is 1.55. The van der Waals surface area contributed by atoms with E-state index in [0.717, 1.165) is 78.1 Å². The van der Waals surface area contributed by atoms with Gasteiger partial charge in [-0.15, -0.1) is 24.0 Å². The summed E-state index contributed by atoms with van der Waals surface area (Å²) in [5, 5.41) is 6.78. The van der Waals surface area contributed by atoms with E-state index < -0.39 is 0 Å². The lowest BCUT2D eigenvalue weighted by Crippen LogP contribution is -2.50. The van der Waals surface area contributed by atoms with Crippen LogP contribution in [0.1, 0.15) is 13.8 Å². The molecule has 1 unspecified atom stereocenters. The predicted octanol–water partition coefficient (Wildman–Crippen LogP) is 0.458. The lowest BCUT2D eigenvalue weighted by Gasteiger charge is -2.34. The van der Waals surface area contributed by atoms with Crippen molar-refractivity contribution in [3.8, 4) is 0 Å². The second kappa shape index (κ2) is 13.1. The number of morpholine rings is 2. The zero-order valence-electron chi connectivity index (χ0n) is 16.0. The maximum atomic E-state index is 5.88. The molecule has 0 aromatic rings. The third-order valence-corrected chi connectivity index (χ3v) is 4.39. The van der Waals surface area contributed by atoms with E-state index in [4.69, 9.17) is 9.47 Å². The summed E-state index contributed by atoms with van der Waals surface area (Å²) in [7, 11) is 1.82. The van der Waals surface area contributed by atoms with Gasteiger partial charge < -0.3 is 20.1 Å². The molecule has 2 heterocycles. The second-order valence-electron chi connectivity index (χ2n) is 6.98. The van der Waals surface area contributed by atoms with Crippen molar-refractivity contribution in [2.24, 2.45) is 10.9 Å². The standard InChI is InChI=1S/C17H35N5O2.HI/c1-15(2)13-22-8-11-24-16(14-22)12-20-17(18-3)19-4-5-21-6-9-23-10-7-21;/h15-16H,4-14H2,1-3H3,(H2,18,19,20);1H. The van der Waals surface area contributed by atoms with Crippen molar-refractivity contribution in [3.05, 3.63) is 0 Å². The van der Waals surface area contributed by atoms with Gasteiger partial charge in [0.25, 0.3) is 0 Å². The van der Waals surface area contributed by atoms with Gasteiger partial charge in [-0.05, 0) is 5.92 Å². The molecule has 2 aliphatic rings. The van der Waals surface area contributed by atoms with E-state index in [1.165, 1.54) is 0 Å². The molecule has 0 saturated carbocycles. The lowest BCUT2D eigenvalue weighted by atomic mass is 10.2. The van der Waals surface area contributed by atoms with Crippen molar-refractivity contribution < 1.29 is 9.47 Å². The van der Waals surface area contributed by atoms with Gasteiger partial charge in [0.2, 0.25) is 0 Å². The van der Waals surface area contributed by atoms with Crippen LogP contribution in [0.2, 0.25) is 0 Å². The number of rotatable bonds is 7. The van der Waals surface area contributed by atoms with Crippen LogP contribution in [0.25, 0.3) is 0 Å². The van der Waals surface area contributed by atoms with Crippen LogP contribution in [0.4, 0.5) is 0 Å². The fourth-order valence-corrected chi connectivity index (χ4v) is 3.17. The molecule has 2 fully saturated rings.